The smallest absolute Gasteiger partial charge is 0.317 e. The third-order valence-corrected chi connectivity index (χ3v) is 3.55. The molecule has 0 radical (unpaired) electrons. The van der Waals surface area contributed by atoms with E-state index >= 15 is 0 Å². The second kappa shape index (κ2) is 7.43. The summed E-state index contributed by atoms with van der Waals surface area (Å²) in [6.45, 7) is 1.87. The number of urea groups is 1. The highest BCUT2D eigenvalue weighted by Gasteiger charge is 2.31. The minimum atomic E-state index is -0.0797. The van der Waals surface area contributed by atoms with Gasteiger partial charge < -0.3 is 20.2 Å². The van der Waals surface area contributed by atoms with Gasteiger partial charge in [0.25, 0.3) is 0 Å². The Morgan fingerprint density at radius 1 is 1.24 bits per heavy atom. The summed E-state index contributed by atoms with van der Waals surface area (Å²) in [6, 6.07) is 8.52. The minimum Gasteiger partial charge on any atom is -0.395 e. The van der Waals surface area contributed by atoms with Crippen LogP contribution in [0.5, 0.6) is 0 Å². The van der Waals surface area contributed by atoms with Crippen LogP contribution in [0.25, 0.3) is 0 Å². The first kappa shape index (κ1) is 15.8. The highest BCUT2D eigenvalue weighted by Crippen LogP contribution is 2.26. The first-order chi connectivity index (χ1) is 10.1. The summed E-state index contributed by atoms with van der Waals surface area (Å²) >= 11 is 0. The van der Waals surface area contributed by atoms with E-state index in [1.54, 1.807) is 4.90 Å². The molecule has 0 atom stereocenters. The van der Waals surface area contributed by atoms with E-state index in [4.69, 9.17) is 5.11 Å². The number of carbonyl (C=O) groups is 1. The molecule has 0 saturated heterocycles. The van der Waals surface area contributed by atoms with Crippen molar-refractivity contribution >= 4 is 6.03 Å². The average molecular weight is 291 g/mol. The summed E-state index contributed by atoms with van der Waals surface area (Å²) in [6.07, 6.45) is 2.10. The molecule has 5 nitrogen and oxygen atoms in total. The molecule has 2 amide bonds. The van der Waals surface area contributed by atoms with Gasteiger partial charge in [-0.15, -0.1) is 0 Å². The van der Waals surface area contributed by atoms with E-state index in [-0.39, 0.29) is 12.6 Å². The molecular weight excluding hydrogens is 266 g/mol. The molecule has 0 spiro atoms. The lowest BCUT2D eigenvalue weighted by atomic mass is 10.1. The van der Waals surface area contributed by atoms with Gasteiger partial charge in [-0.05, 0) is 38.1 Å². The predicted octanol–water partition coefficient (Wildman–Crippen LogP) is 1.41. The van der Waals surface area contributed by atoms with E-state index < -0.39 is 0 Å². The van der Waals surface area contributed by atoms with Gasteiger partial charge in [-0.25, -0.2) is 4.79 Å². The standard InChI is InChI=1S/C16H25N3O2/c1-18(2)12-14-5-3-13(4-6-14)11-17-16(21)19(9-10-20)15-7-8-15/h3-6,15,20H,7-12H2,1-2H3,(H,17,21). The number of aliphatic hydroxyl groups is 1. The number of hydrogen-bond donors (Lipinski definition) is 2. The van der Waals surface area contributed by atoms with Crippen LogP contribution >= 0.6 is 0 Å². The van der Waals surface area contributed by atoms with Crippen LogP contribution in [0.2, 0.25) is 0 Å². The fourth-order valence-electron chi connectivity index (χ4n) is 2.35. The van der Waals surface area contributed by atoms with Gasteiger partial charge in [0, 0.05) is 25.7 Å². The number of nitrogens with one attached hydrogen (secondary N) is 1. The van der Waals surface area contributed by atoms with Crippen LogP contribution in [0.15, 0.2) is 24.3 Å². The number of carbonyl (C=O) groups excluding carboxylic acids is 1. The highest BCUT2D eigenvalue weighted by atomic mass is 16.3. The van der Waals surface area contributed by atoms with Crippen molar-refractivity contribution in [2.24, 2.45) is 0 Å². The van der Waals surface area contributed by atoms with E-state index in [1.165, 1.54) is 5.56 Å². The van der Waals surface area contributed by atoms with E-state index in [1.807, 2.05) is 26.2 Å². The number of rotatable bonds is 7. The van der Waals surface area contributed by atoms with Crippen molar-refractivity contribution in [2.75, 3.05) is 27.2 Å². The summed E-state index contributed by atoms with van der Waals surface area (Å²) < 4.78 is 0. The summed E-state index contributed by atoms with van der Waals surface area (Å²) in [7, 11) is 4.09. The van der Waals surface area contributed by atoms with Gasteiger partial charge in [-0.3, -0.25) is 0 Å². The molecule has 1 fully saturated rings. The van der Waals surface area contributed by atoms with Crippen LogP contribution in [-0.4, -0.2) is 54.2 Å². The molecule has 1 aliphatic carbocycles. The zero-order valence-electron chi connectivity index (χ0n) is 12.9. The van der Waals surface area contributed by atoms with E-state index in [2.05, 4.69) is 22.3 Å². The fraction of sp³-hybridized carbons (Fsp3) is 0.562. The Morgan fingerprint density at radius 2 is 1.86 bits per heavy atom. The van der Waals surface area contributed by atoms with Gasteiger partial charge in [-0.1, -0.05) is 24.3 Å². The number of benzene rings is 1. The van der Waals surface area contributed by atoms with Crippen LogP contribution in [-0.2, 0) is 13.1 Å². The number of aliphatic hydroxyl groups excluding tert-OH is 1. The maximum absolute atomic E-state index is 12.1. The molecule has 1 saturated carbocycles. The maximum Gasteiger partial charge on any atom is 0.317 e. The molecule has 21 heavy (non-hydrogen) atoms. The molecule has 1 aliphatic rings. The summed E-state index contributed by atoms with van der Waals surface area (Å²) in [5.41, 5.74) is 2.35. The highest BCUT2D eigenvalue weighted by molar-refractivity contribution is 5.74. The zero-order chi connectivity index (χ0) is 15.2. The molecule has 0 unspecified atom stereocenters. The maximum atomic E-state index is 12.1. The van der Waals surface area contributed by atoms with Gasteiger partial charge in [0.1, 0.15) is 0 Å². The van der Waals surface area contributed by atoms with Crippen molar-refractivity contribution in [3.8, 4) is 0 Å². The van der Waals surface area contributed by atoms with Gasteiger partial charge in [0.05, 0.1) is 6.61 Å². The Hall–Kier alpha value is -1.59. The third kappa shape index (κ3) is 5.02. The lowest BCUT2D eigenvalue weighted by Crippen LogP contribution is -2.42. The third-order valence-electron chi connectivity index (χ3n) is 3.55. The largest absolute Gasteiger partial charge is 0.395 e. The Bertz CT molecular complexity index is 455. The Morgan fingerprint density at radius 3 is 2.38 bits per heavy atom. The van der Waals surface area contributed by atoms with E-state index in [0.717, 1.165) is 24.9 Å². The monoisotopic (exact) mass is 291 g/mol. The van der Waals surface area contributed by atoms with Crippen molar-refractivity contribution in [1.82, 2.24) is 15.1 Å². The molecule has 0 bridgehead atoms. The lowest BCUT2D eigenvalue weighted by Gasteiger charge is -2.21. The van der Waals surface area contributed by atoms with Gasteiger partial charge in [-0.2, -0.15) is 0 Å². The summed E-state index contributed by atoms with van der Waals surface area (Å²) in [5, 5.41) is 12.0. The quantitative estimate of drug-likeness (QED) is 0.799. The predicted molar refractivity (Wildman–Crippen MR) is 82.9 cm³/mol. The Labute approximate surface area is 126 Å². The normalized spacial score (nSPS) is 14.3. The molecule has 0 aliphatic heterocycles. The van der Waals surface area contributed by atoms with Gasteiger partial charge in [0.15, 0.2) is 0 Å². The van der Waals surface area contributed by atoms with Crippen molar-refractivity contribution in [3.05, 3.63) is 35.4 Å². The molecule has 0 aromatic heterocycles. The average Bonchev–Trinajstić information content (AvgIpc) is 3.27. The molecule has 2 rings (SSSR count). The summed E-state index contributed by atoms with van der Waals surface area (Å²) in [5.74, 6) is 0. The molecule has 1 aromatic rings. The first-order valence-electron chi connectivity index (χ1n) is 7.48. The number of amides is 2. The van der Waals surface area contributed by atoms with Crippen molar-refractivity contribution in [3.63, 3.8) is 0 Å². The summed E-state index contributed by atoms with van der Waals surface area (Å²) in [4.78, 5) is 16.0. The first-order valence-corrected chi connectivity index (χ1v) is 7.48. The molecule has 116 valence electrons. The van der Waals surface area contributed by atoms with Crippen molar-refractivity contribution < 1.29 is 9.90 Å². The molecule has 0 heterocycles. The van der Waals surface area contributed by atoms with Crippen LogP contribution in [0.1, 0.15) is 24.0 Å². The Balaban J connectivity index is 1.82. The molecule has 1 aromatic carbocycles. The van der Waals surface area contributed by atoms with E-state index in [9.17, 15) is 4.79 Å². The lowest BCUT2D eigenvalue weighted by molar-refractivity contribution is 0.173. The van der Waals surface area contributed by atoms with Crippen LogP contribution in [0, 0.1) is 0 Å². The van der Waals surface area contributed by atoms with Crippen molar-refractivity contribution in [2.45, 2.75) is 32.0 Å². The Kier molecular flexibility index (Phi) is 5.59. The fourth-order valence-corrected chi connectivity index (χ4v) is 2.35. The van der Waals surface area contributed by atoms with Crippen LogP contribution < -0.4 is 5.32 Å². The topological polar surface area (TPSA) is 55.8 Å². The second-order valence-corrected chi connectivity index (χ2v) is 5.86. The molecule has 2 N–H and O–H groups in total. The second-order valence-electron chi connectivity index (χ2n) is 5.86. The van der Waals surface area contributed by atoms with Gasteiger partial charge >= 0.3 is 6.03 Å². The van der Waals surface area contributed by atoms with Gasteiger partial charge in [0.2, 0.25) is 0 Å². The number of nitrogens with zero attached hydrogens (tertiary/aromatic N) is 2. The minimum absolute atomic E-state index is 0.0170. The van der Waals surface area contributed by atoms with Crippen LogP contribution in [0.4, 0.5) is 4.79 Å². The van der Waals surface area contributed by atoms with E-state index in [0.29, 0.717) is 19.1 Å². The van der Waals surface area contributed by atoms with Crippen LogP contribution in [0.3, 0.4) is 0 Å². The number of hydrogen-bond acceptors (Lipinski definition) is 3. The molecule has 5 heteroatoms. The SMILES string of the molecule is CN(C)Cc1ccc(CNC(=O)N(CCO)C2CC2)cc1. The van der Waals surface area contributed by atoms with Crippen molar-refractivity contribution in [1.29, 1.82) is 0 Å². The zero-order valence-corrected chi connectivity index (χ0v) is 12.9. The molecular formula is C16H25N3O2.